The summed E-state index contributed by atoms with van der Waals surface area (Å²) >= 11 is 0. The highest BCUT2D eigenvalue weighted by Crippen LogP contribution is 2.33. The van der Waals surface area contributed by atoms with Crippen LogP contribution >= 0.6 is 0 Å². The first kappa shape index (κ1) is 20.3. The zero-order valence-electron chi connectivity index (χ0n) is 16.8. The number of rotatable bonds is 6. The number of carbonyl (C=O) groups excluding carboxylic acids is 3. The summed E-state index contributed by atoms with van der Waals surface area (Å²) < 4.78 is 5.29. The molecule has 2 N–H and O–H groups in total. The first-order valence-electron chi connectivity index (χ1n) is 10.5. The van der Waals surface area contributed by atoms with Crippen molar-refractivity contribution in [3.05, 3.63) is 70.8 Å². The van der Waals surface area contributed by atoms with Gasteiger partial charge in [-0.05, 0) is 48.4 Å². The Balaban J connectivity index is 1.25. The maximum absolute atomic E-state index is 13.1. The van der Waals surface area contributed by atoms with Crippen LogP contribution in [0.2, 0.25) is 0 Å². The minimum atomic E-state index is -0.411. The van der Waals surface area contributed by atoms with Gasteiger partial charge < -0.3 is 10.1 Å². The standard InChI is InChI=1S/C24H26N2O4/c27-14-17-6-11-21-19(12-17)13-25-22(21)23(28)18-7-9-20(10-8-18)26-24(29)30-15-16-4-2-1-3-5-16/h1-6,11-12,14,18,20,22,25H,7-10,13,15H2,(H,26,29). The Morgan fingerprint density at radius 1 is 1.07 bits per heavy atom. The van der Waals surface area contributed by atoms with Crippen LogP contribution in [0.15, 0.2) is 48.5 Å². The summed E-state index contributed by atoms with van der Waals surface area (Å²) in [6.45, 7) is 0.858. The Bertz CT molecular complexity index is 920. The van der Waals surface area contributed by atoms with Gasteiger partial charge in [-0.25, -0.2) is 4.79 Å². The molecule has 30 heavy (non-hydrogen) atoms. The fraction of sp³-hybridized carbons (Fsp3) is 0.375. The van der Waals surface area contributed by atoms with Gasteiger partial charge in [-0.1, -0.05) is 42.5 Å². The second-order valence-corrected chi connectivity index (χ2v) is 8.05. The monoisotopic (exact) mass is 406 g/mol. The third-order valence-electron chi connectivity index (χ3n) is 6.06. The zero-order valence-corrected chi connectivity index (χ0v) is 16.8. The molecule has 1 aliphatic carbocycles. The molecule has 6 heteroatoms. The molecule has 0 spiro atoms. The molecule has 2 aromatic carbocycles. The molecule has 1 heterocycles. The van der Waals surface area contributed by atoms with E-state index in [-0.39, 0.29) is 30.4 Å². The minimum Gasteiger partial charge on any atom is -0.445 e. The van der Waals surface area contributed by atoms with Gasteiger partial charge in [0.05, 0.1) is 6.04 Å². The molecule has 2 aliphatic rings. The van der Waals surface area contributed by atoms with Crippen LogP contribution in [0.5, 0.6) is 0 Å². The van der Waals surface area contributed by atoms with E-state index in [1.54, 1.807) is 6.07 Å². The van der Waals surface area contributed by atoms with E-state index >= 15 is 0 Å². The van der Waals surface area contributed by atoms with Crippen molar-refractivity contribution in [1.82, 2.24) is 10.6 Å². The number of nitrogens with one attached hydrogen (secondary N) is 2. The fourth-order valence-corrected chi connectivity index (χ4v) is 4.40. The highest BCUT2D eigenvalue weighted by molar-refractivity contribution is 5.89. The molecule has 1 unspecified atom stereocenters. The number of Topliss-reactive ketones (excluding diaryl/α,β-unsaturated/α-hetero) is 1. The van der Waals surface area contributed by atoms with E-state index in [9.17, 15) is 14.4 Å². The Labute approximate surface area is 176 Å². The van der Waals surface area contributed by atoms with E-state index in [4.69, 9.17) is 4.74 Å². The van der Waals surface area contributed by atoms with Gasteiger partial charge in [-0.3, -0.25) is 14.9 Å². The summed E-state index contributed by atoms with van der Waals surface area (Å²) in [5, 5.41) is 6.22. The molecule has 6 nitrogen and oxygen atoms in total. The molecular weight excluding hydrogens is 380 g/mol. The third kappa shape index (κ3) is 4.60. The number of hydrogen-bond donors (Lipinski definition) is 2. The van der Waals surface area contributed by atoms with Crippen molar-refractivity contribution in [2.45, 2.75) is 50.9 Å². The van der Waals surface area contributed by atoms with Crippen molar-refractivity contribution in [2.24, 2.45) is 5.92 Å². The third-order valence-corrected chi connectivity index (χ3v) is 6.06. The first-order chi connectivity index (χ1) is 14.6. The lowest BCUT2D eigenvalue weighted by Gasteiger charge is -2.29. The molecule has 1 atom stereocenters. The summed E-state index contributed by atoms with van der Waals surface area (Å²) in [6.07, 6.45) is 3.45. The van der Waals surface area contributed by atoms with Gasteiger partial charge in [-0.15, -0.1) is 0 Å². The molecule has 4 rings (SSSR count). The van der Waals surface area contributed by atoms with E-state index in [0.29, 0.717) is 12.1 Å². The maximum Gasteiger partial charge on any atom is 0.407 e. The Morgan fingerprint density at radius 3 is 2.57 bits per heavy atom. The molecule has 1 saturated carbocycles. The maximum atomic E-state index is 13.1. The Morgan fingerprint density at radius 2 is 1.83 bits per heavy atom. The van der Waals surface area contributed by atoms with Crippen molar-refractivity contribution < 1.29 is 19.1 Å². The van der Waals surface area contributed by atoms with Gasteiger partial charge in [0.25, 0.3) is 0 Å². The quantitative estimate of drug-likeness (QED) is 0.715. The van der Waals surface area contributed by atoms with Gasteiger partial charge in [0.1, 0.15) is 12.9 Å². The molecule has 0 saturated heterocycles. The molecule has 2 aromatic rings. The Hall–Kier alpha value is -2.99. The summed E-state index contributed by atoms with van der Waals surface area (Å²) in [4.78, 5) is 36.1. The number of hydrogen-bond acceptors (Lipinski definition) is 5. The molecule has 1 fully saturated rings. The molecule has 1 aliphatic heterocycles. The second-order valence-electron chi connectivity index (χ2n) is 8.05. The number of ether oxygens (including phenoxy) is 1. The first-order valence-corrected chi connectivity index (χ1v) is 10.5. The van der Waals surface area contributed by atoms with Crippen LogP contribution in [-0.2, 0) is 22.7 Å². The average molecular weight is 406 g/mol. The topological polar surface area (TPSA) is 84.5 Å². The van der Waals surface area contributed by atoms with E-state index < -0.39 is 6.09 Å². The lowest BCUT2D eigenvalue weighted by Crippen LogP contribution is -2.40. The number of benzene rings is 2. The predicted octanol–water partition coefficient (Wildman–Crippen LogP) is 3.70. The van der Waals surface area contributed by atoms with E-state index in [2.05, 4.69) is 10.6 Å². The van der Waals surface area contributed by atoms with Crippen molar-refractivity contribution >= 4 is 18.2 Å². The van der Waals surface area contributed by atoms with Crippen LogP contribution < -0.4 is 10.6 Å². The summed E-state index contributed by atoms with van der Waals surface area (Å²) in [5.41, 5.74) is 3.59. The smallest absolute Gasteiger partial charge is 0.407 e. The Kier molecular flexibility index (Phi) is 6.23. The van der Waals surface area contributed by atoms with Gasteiger partial charge in [-0.2, -0.15) is 0 Å². The number of aldehydes is 1. The van der Waals surface area contributed by atoms with E-state index in [1.807, 2.05) is 42.5 Å². The minimum absolute atomic E-state index is 0.0161. The summed E-state index contributed by atoms with van der Waals surface area (Å²) in [7, 11) is 0. The van der Waals surface area contributed by atoms with Crippen LogP contribution in [0.3, 0.4) is 0 Å². The zero-order chi connectivity index (χ0) is 20.9. The van der Waals surface area contributed by atoms with Crippen molar-refractivity contribution in [2.75, 3.05) is 0 Å². The molecular formula is C24H26N2O4. The molecule has 0 bridgehead atoms. The van der Waals surface area contributed by atoms with Crippen LogP contribution in [-0.4, -0.2) is 24.2 Å². The van der Waals surface area contributed by atoms with Crippen molar-refractivity contribution in [3.63, 3.8) is 0 Å². The lowest BCUT2D eigenvalue weighted by atomic mass is 9.80. The second kappa shape index (κ2) is 9.22. The van der Waals surface area contributed by atoms with Crippen LogP contribution in [0.4, 0.5) is 4.79 Å². The molecule has 0 radical (unpaired) electrons. The number of ketones is 1. The van der Waals surface area contributed by atoms with Gasteiger partial charge in [0.15, 0.2) is 5.78 Å². The summed E-state index contributed by atoms with van der Waals surface area (Å²) in [6, 6.07) is 14.8. The fourth-order valence-electron chi connectivity index (χ4n) is 4.40. The summed E-state index contributed by atoms with van der Waals surface area (Å²) in [5.74, 6) is 0.190. The number of amides is 1. The van der Waals surface area contributed by atoms with Gasteiger partial charge in [0, 0.05) is 24.1 Å². The van der Waals surface area contributed by atoms with Crippen LogP contribution in [0, 0.1) is 5.92 Å². The molecule has 156 valence electrons. The van der Waals surface area contributed by atoms with E-state index in [1.165, 1.54) is 0 Å². The number of carbonyl (C=O) groups is 3. The largest absolute Gasteiger partial charge is 0.445 e. The normalized spacial score (nSPS) is 22.7. The van der Waals surface area contributed by atoms with E-state index in [0.717, 1.165) is 48.7 Å². The average Bonchev–Trinajstić information content (AvgIpc) is 3.21. The van der Waals surface area contributed by atoms with Gasteiger partial charge in [0.2, 0.25) is 0 Å². The SMILES string of the molecule is O=Cc1ccc2c(c1)CNC2C(=O)C1CCC(NC(=O)OCc2ccccc2)CC1. The lowest BCUT2D eigenvalue weighted by molar-refractivity contribution is -0.126. The van der Waals surface area contributed by atoms with Crippen LogP contribution in [0.1, 0.15) is 58.8 Å². The predicted molar refractivity (Wildman–Crippen MR) is 112 cm³/mol. The highest BCUT2D eigenvalue weighted by Gasteiger charge is 2.35. The highest BCUT2D eigenvalue weighted by atomic mass is 16.5. The molecule has 1 amide bonds. The van der Waals surface area contributed by atoms with Crippen molar-refractivity contribution in [3.8, 4) is 0 Å². The number of alkyl carbamates (subject to hydrolysis) is 1. The van der Waals surface area contributed by atoms with Crippen molar-refractivity contribution in [1.29, 1.82) is 0 Å². The van der Waals surface area contributed by atoms with Crippen LogP contribution in [0.25, 0.3) is 0 Å². The molecule has 0 aromatic heterocycles. The number of fused-ring (bicyclic) bond motifs is 1. The van der Waals surface area contributed by atoms with Gasteiger partial charge >= 0.3 is 6.09 Å².